The van der Waals surface area contributed by atoms with Crippen LogP contribution in [0.5, 0.6) is 0 Å². The molecule has 1 heterocycles. The van der Waals surface area contributed by atoms with Crippen LogP contribution in [0.2, 0.25) is 0 Å². The van der Waals surface area contributed by atoms with Gasteiger partial charge in [-0.05, 0) is 81.4 Å². The van der Waals surface area contributed by atoms with Crippen LogP contribution < -0.4 is 4.90 Å². The van der Waals surface area contributed by atoms with E-state index in [1.54, 1.807) is 0 Å². The van der Waals surface area contributed by atoms with E-state index in [2.05, 4.69) is 216 Å². The lowest BCUT2D eigenvalue weighted by atomic mass is 10.00. The van der Waals surface area contributed by atoms with Crippen molar-refractivity contribution in [2.45, 2.75) is 0 Å². The lowest BCUT2D eigenvalue weighted by Crippen LogP contribution is -2.11. The predicted octanol–water partition coefficient (Wildman–Crippen LogP) is 13.9. The molecule has 0 radical (unpaired) electrons. The van der Waals surface area contributed by atoms with E-state index in [1.807, 2.05) is 0 Å². The van der Waals surface area contributed by atoms with Crippen molar-refractivity contribution < 1.29 is 0 Å². The van der Waals surface area contributed by atoms with Crippen LogP contribution in [-0.2, 0) is 0 Å². The maximum absolute atomic E-state index is 2.44. The Labute approximate surface area is 303 Å². The molecule has 10 aromatic rings. The molecule has 52 heavy (non-hydrogen) atoms. The predicted molar refractivity (Wildman–Crippen MR) is 221 cm³/mol. The molecule has 0 aliphatic carbocycles. The van der Waals surface area contributed by atoms with Gasteiger partial charge >= 0.3 is 0 Å². The van der Waals surface area contributed by atoms with E-state index < -0.39 is 0 Å². The number of hydrogen-bond donors (Lipinski definition) is 0. The second-order valence-corrected chi connectivity index (χ2v) is 13.4. The van der Waals surface area contributed by atoms with Gasteiger partial charge in [-0.1, -0.05) is 158 Å². The van der Waals surface area contributed by atoms with Crippen molar-refractivity contribution in [3.63, 3.8) is 0 Å². The molecule has 0 aliphatic heterocycles. The number of aromatic nitrogens is 1. The highest BCUT2D eigenvalue weighted by atomic mass is 15.1. The maximum atomic E-state index is 2.44. The second-order valence-electron chi connectivity index (χ2n) is 13.4. The number of anilines is 3. The van der Waals surface area contributed by atoms with Crippen molar-refractivity contribution >= 4 is 60.4 Å². The molecule has 0 spiro atoms. The van der Waals surface area contributed by atoms with Crippen LogP contribution in [0.25, 0.3) is 71.3 Å². The van der Waals surface area contributed by atoms with E-state index in [4.69, 9.17) is 0 Å². The number of fused-ring (bicyclic) bond motifs is 6. The van der Waals surface area contributed by atoms with Gasteiger partial charge in [0, 0.05) is 38.8 Å². The molecule has 0 atom stereocenters. The van der Waals surface area contributed by atoms with Crippen LogP contribution in [0, 0.1) is 0 Å². The topological polar surface area (TPSA) is 8.17 Å². The number of nitrogens with zero attached hydrogens (tertiary/aromatic N) is 2. The molecular weight excluding hydrogens is 629 g/mol. The monoisotopic (exact) mass is 662 g/mol. The van der Waals surface area contributed by atoms with E-state index in [0.717, 1.165) is 22.7 Å². The molecule has 0 saturated heterocycles. The largest absolute Gasteiger partial charge is 0.310 e. The Morgan fingerprint density at radius 3 is 1.79 bits per heavy atom. The van der Waals surface area contributed by atoms with Crippen LogP contribution in [-0.4, -0.2) is 4.57 Å². The SMILES string of the molecule is c1ccc(-c2ccccc2N(c2ccc(-c3ccc4c5ccc6ccccc6c5n(-c5ccccc5)c4c3)cc2)c2ccc3ccccc3c2)cc1. The van der Waals surface area contributed by atoms with Crippen molar-refractivity contribution in [3.05, 3.63) is 206 Å². The number of benzene rings is 9. The zero-order valence-corrected chi connectivity index (χ0v) is 28.5. The molecular formula is C50H34N2. The van der Waals surface area contributed by atoms with Crippen molar-refractivity contribution in [1.29, 1.82) is 0 Å². The molecule has 1 aromatic heterocycles. The summed E-state index contributed by atoms with van der Waals surface area (Å²) >= 11 is 0. The average molecular weight is 663 g/mol. The smallest absolute Gasteiger partial charge is 0.0619 e. The zero-order chi connectivity index (χ0) is 34.4. The summed E-state index contributed by atoms with van der Waals surface area (Å²) in [5.74, 6) is 0. The Morgan fingerprint density at radius 2 is 0.962 bits per heavy atom. The third-order valence-electron chi connectivity index (χ3n) is 10.3. The number of rotatable bonds is 6. The van der Waals surface area contributed by atoms with Gasteiger partial charge < -0.3 is 9.47 Å². The lowest BCUT2D eigenvalue weighted by Gasteiger charge is -2.28. The van der Waals surface area contributed by atoms with Crippen LogP contribution in [0.3, 0.4) is 0 Å². The fourth-order valence-corrected chi connectivity index (χ4v) is 7.88. The summed E-state index contributed by atoms with van der Waals surface area (Å²) in [6.45, 7) is 0. The van der Waals surface area contributed by atoms with Gasteiger partial charge in [0.1, 0.15) is 0 Å². The number of hydrogen-bond acceptors (Lipinski definition) is 1. The summed E-state index contributed by atoms with van der Waals surface area (Å²) in [7, 11) is 0. The van der Waals surface area contributed by atoms with Crippen LogP contribution in [0.15, 0.2) is 206 Å². The van der Waals surface area contributed by atoms with Crippen molar-refractivity contribution in [1.82, 2.24) is 4.57 Å². The fraction of sp³-hybridized carbons (Fsp3) is 0. The minimum atomic E-state index is 1.10. The van der Waals surface area contributed by atoms with E-state index in [0.29, 0.717) is 0 Å². The third kappa shape index (κ3) is 5.04. The summed E-state index contributed by atoms with van der Waals surface area (Å²) in [6.07, 6.45) is 0. The average Bonchev–Trinajstić information content (AvgIpc) is 3.56. The van der Waals surface area contributed by atoms with Crippen molar-refractivity contribution in [3.8, 4) is 27.9 Å². The Hall–Kier alpha value is -6.90. The summed E-state index contributed by atoms with van der Waals surface area (Å²) in [4.78, 5) is 2.39. The fourth-order valence-electron chi connectivity index (χ4n) is 7.88. The van der Waals surface area contributed by atoms with Gasteiger partial charge in [-0.3, -0.25) is 0 Å². The normalized spacial score (nSPS) is 11.5. The first kappa shape index (κ1) is 30.0. The van der Waals surface area contributed by atoms with Gasteiger partial charge in [-0.25, -0.2) is 0 Å². The summed E-state index contributed by atoms with van der Waals surface area (Å²) in [5, 5.41) is 7.47. The van der Waals surface area contributed by atoms with Gasteiger partial charge in [-0.15, -0.1) is 0 Å². The first-order chi connectivity index (χ1) is 25.8. The zero-order valence-electron chi connectivity index (χ0n) is 28.5. The molecule has 244 valence electrons. The Balaban J connectivity index is 1.13. The van der Waals surface area contributed by atoms with Gasteiger partial charge in [0.05, 0.1) is 16.7 Å². The van der Waals surface area contributed by atoms with Crippen LogP contribution in [0.4, 0.5) is 17.1 Å². The van der Waals surface area contributed by atoms with E-state index >= 15 is 0 Å². The standard InChI is InChI=1S/C50H34N2/c1-3-14-37(15-4-1)44-20-11-12-22-48(44)51(43-30-25-35-13-7-8-17-39(35)33-43)42-28-23-36(24-29-42)40-27-31-46-47-32-26-38-16-9-10-21-45(38)50(47)52(49(46)34-40)41-18-5-2-6-19-41/h1-34H. The van der Waals surface area contributed by atoms with Crippen LogP contribution in [0.1, 0.15) is 0 Å². The van der Waals surface area contributed by atoms with E-state index in [-0.39, 0.29) is 0 Å². The maximum Gasteiger partial charge on any atom is 0.0619 e. The van der Waals surface area contributed by atoms with Gasteiger partial charge in [0.15, 0.2) is 0 Å². The molecule has 0 unspecified atom stereocenters. The Bertz CT molecular complexity index is 2890. The molecule has 0 saturated carbocycles. The molecule has 9 aromatic carbocycles. The first-order valence-electron chi connectivity index (χ1n) is 17.9. The van der Waals surface area contributed by atoms with E-state index in [1.165, 1.54) is 65.6 Å². The molecule has 2 heteroatoms. The van der Waals surface area contributed by atoms with Gasteiger partial charge in [0.2, 0.25) is 0 Å². The molecule has 0 N–H and O–H groups in total. The summed E-state index contributed by atoms with van der Waals surface area (Å²) < 4.78 is 2.44. The molecule has 0 amide bonds. The summed E-state index contributed by atoms with van der Waals surface area (Å²) in [5.41, 5.74) is 11.7. The summed E-state index contributed by atoms with van der Waals surface area (Å²) in [6, 6.07) is 74.7. The van der Waals surface area contributed by atoms with E-state index in [9.17, 15) is 0 Å². The molecule has 0 bridgehead atoms. The van der Waals surface area contributed by atoms with Gasteiger partial charge in [0.25, 0.3) is 0 Å². The highest BCUT2D eigenvalue weighted by Gasteiger charge is 2.19. The molecule has 0 fully saturated rings. The third-order valence-corrected chi connectivity index (χ3v) is 10.3. The quantitative estimate of drug-likeness (QED) is 0.172. The number of para-hydroxylation sites is 2. The first-order valence-corrected chi connectivity index (χ1v) is 17.9. The molecule has 2 nitrogen and oxygen atoms in total. The van der Waals surface area contributed by atoms with Gasteiger partial charge in [-0.2, -0.15) is 0 Å². The highest BCUT2D eigenvalue weighted by Crippen LogP contribution is 2.43. The Kier molecular flexibility index (Phi) is 7.18. The van der Waals surface area contributed by atoms with Crippen LogP contribution >= 0.6 is 0 Å². The second kappa shape index (κ2) is 12.5. The Morgan fingerprint density at radius 1 is 0.346 bits per heavy atom. The highest BCUT2D eigenvalue weighted by molar-refractivity contribution is 6.19. The minimum absolute atomic E-state index is 1.10. The molecule has 10 rings (SSSR count). The molecule has 0 aliphatic rings. The lowest BCUT2D eigenvalue weighted by molar-refractivity contribution is 1.19. The minimum Gasteiger partial charge on any atom is -0.310 e. The van der Waals surface area contributed by atoms with Crippen molar-refractivity contribution in [2.75, 3.05) is 4.90 Å². The van der Waals surface area contributed by atoms with Crippen molar-refractivity contribution in [2.24, 2.45) is 0 Å².